The maximum Gasteiger partial charge on any atom is 0.228 e. The largest absolute Gasteiger partial charge is 0.392 e. The molecule has 1 rings (SSSR count). The van der Waals surface area contributed by atoms with E-state index in [1.807, 2.05) is 0 Å². The van der Waals surface area contributed by atoms with Crippen molar-refractivity contribution in [2.24, 2.45) is 0 Å². The van der Waals surface area contributed by atoms with Gasteiger partial charge in [0.25, 0.3) is 0 Å². The molecule has 56 valence electrons. The smallest absolute Gasteiger partial charge is 0.228 e. The number of aromatic nitrogens is 1. The summed E-state index contributed by atoms with van der Waals surface area (Å²) < 4.78 is 12.6. The van der Waals surface area contributed by atoms with Gasteiger partial charge in [0.1, 0.15) is 0 Å². The standard InChI is InChI=1S/C8H6FNO/c1-2-7-3-6(5-11)4-10-8(7)9/h1,3-4,11H,5H2. The molecule has 2 nitrogen and oxygen atoms in total. The Morgan fingerprint density at radius 1 is 1.73 bits per heavy atom. The Bertz CT molecular complexity index is 303. The Morgan fingerprint density at radius 2 is 2.45 bits per heavy atom. The van der Waals surface area contributed by atoms with Gasteiger partial charge in [-0.1, -0.05) is 5.92 Å². The van der Waals surface area contributed by atoms with Crippen molar-refractivity contribution in [2.45, 2.75) is 6.61 Å². The molecule has 0 saturated carbocycles. The van der Waals surface area contributed by atoms with Crippen LogP contribution < -0.4 is 0 Å². The summed E-state index contributed by atoms with van der Waals surface area (Å²) in [6, 6.07) is 1.39. The van der Waals surface area contributed by atoms with Crippen molar-refractivity contribution in [3.63, 3.8) is 0 Å². The van der Waals surface area contributed by atoms with Crippen LogP contribution >= 0.6 is 0 Å². The molecule has 0 unspecified atom stereocenters. The van der Waals surface area contributed by atoms with Crippen molar-refractivity contribution in [1.82, 2.24) is 4.98 Å². The summed E-state index contributed by atoms with van der Waals surface area (Å²) in [6.07, 6.45) is 6.21. The topological polar surface area (TPSA) is 33.1 Å². The molecule has 0 spiro atoms. The molecule has 0 bridgehead atoms. The van der Waals surface area contributed by atoms with Crippen LogP contribution in [0.5, 0.6) is 0 Å². The number of aliphatic hydroxyl groups is 1. The Morgan fingerprint density at radius 3 is 3.00 bits per heavy atom. The second kappa shape index (κ2) is 3.13. The predicted molar refractivity (Wildman–Crippen MR) is 38.1 cm³/mol. The minimum atomic E-state index is -0.676. The number of rotatable bonds is 1. The second-order valence-electron chi connectivity index (χ2n) is 1.98. The lowest BCUT2D eigenvalue weighted by molar-refractivity contribution is 0.281. The van der Waals surface area contributed by atoms with Crippen LogP contribution in [0.3, 0.4) is 0 Å². The van der Waals surface area contributed by atoms with Gasteiger partial charge in [0.2, 0.25) is 5.95 Å². The van der Waals surface area contributed by atoms with Crippen molar-refractivity contribution in [1.29, 1.82) is 0 Å². The van der Waals surface area contributed by atoms with Gasteiger partial charge >= 0.3 is 0 Å². The van der Waals surface area contributed by atoms with Crippen LogP contribution in [0.15, 0.2) is 12.3 Å². The number of hydrogen-bond acceptors (Lipinski definition) is 2. The van der Waals surface area contributed by atoms with E-state index >= 15 is 0 Å². The molecule has 11 heavy (non-hydrogen) atoms. The highest BCUT2D eigenvalue weighted by atomic mass is 19.1. The third-order valence-electron chi connectivity index (χ3n) is 1.23. The van der Waals surface area contributed by atoms with E-state index in [0.29, 0.717) is 5.56 Å². The molecule has 0 atom stereocenters. The Balaban J connectivity index is 3.15. The molecule has 0 radical (unpaired) electrons. The van der Waals surface area contributed by atoms with Gasteiger partial charge in [0.15, 0.2) is 0 Å². The zero-order chi connectivity index (χ0) is 8.27. The zero-order valence-corrected chi connectivity index (χ0v) is 5.71. The number of aliphatic hydroxyl groups excluding tert-OH is 1. The quantitative estimate of drug-likeness (QED) is 0.473. The van der Waals surface area contributed by atoms with Gasteiger partial charge in [0, 0.05) is 6.20 Å². The maximum absolute atomic E-state index is 12.6. The van der Waals surface area contributed by atoms with Crippen LogP contribution in [-0.4, -0.2) is 10.1 Å². The van der Waals surface area contributed by atoms with Crippen LogP contribution in [0.2, 0.25) is 0 Å². The van der Waals surface area contributed by atoms with Crippen LogP contribution in [0.4, 0.5) is 4.39 Å². The molecule has 0 aliphatic heterocycles. The lowest BCUT2D eigenvalue weighted by atomic mass is 10.2. The predicted octanol–water partition coefficient (Wildman–Crippen LogP) is 0.694. The molecule has 1 heterocycles. The fraction of sp³-hybridized carbons (Fsp3) is 0.125. The van der Waals surface area contributed by atoms with Crippen molar-refractivity contribution < 1.29 is 9.50 Å². The number of halogens is 1. The molecule has 1 N–H and O–H groups in total. The normalized spacial score (nSPS) is 9.18. The third kappa shape index (κ3) is 1.54. The first-order valence-corrected chi connectivity index (χ1v) is 3.00. The molecule has 0 aliphatic carbocycles. The number of hydrogen-bond donors (Lipinski definition) is 1. The fourth-order valence-electron chi connectivity index (χ4n) is 0.679. The van der Waals surface area contributed by atoms with E-state index in [2.05, 4.69) is 10.9 Å². The van der Waals surface area contributed by atoms with E-state index in [-0.39, 0.29) is 12.2 Å². The van der Waals surface area contributed by atoms with Gasteiger partial charge in [0.05, 0.1) is 12.2 Å². The Kier molecular flexibility index (Phi) is 2.19. The van der Waals surface area contributed by atoms with Gasteiger partial charge in [-0.05, 0) is 11.6 Å². The van der Waals surface area contributed by atoms with Gasteiger partial charge < -0.3 is 5.11 Å². The fourth-order valence-corrected chi connectivity index (χ4v) is 0.679. The number of nitrogens with zero attached hydrogens (tertiary/aromatic N) is 1. The molecular formula is C8H6FNO. The first kappa shape index (κ1) is 7.70. The van der Waals surface area contributed by atoms with Crippen LogP contribution in [0.25, 0.3) is 0 Å². The summed E-state index contributed by atoms with van der Waals surface area (Å²) in [7, 11) is 0. The summed E-state index contributed by atoms with van der Waals surface area (Å²) in [6.45, 7) is -0.179. The van der Waals surface area contributed by atoms with E-state index < -0.39 is 5.95 Å². The monoisotopic (exact) mass is 151 g/mol. The third-order valence-corrected chi connectivity index (χ3v) is 1.23. The first-order valence-electron chi connectivity index (χ1n) is 3.00. The average molecular weight is 151 g/mol. The minimum Gasteiger partial charge on any atom is -0.392 e. The summed E-state index contributed by atoms with van der Waals surface area (Å²) in [4.78, 5) is 3.35. The molecule has 0 saturated heterocycles. The van der Waals surface area contributed by atoms with E-state index in [4.69, 9.17) is 11.5 Å². The van der Waals surface area contributed by atoms with Crippen molar-refractivity contribution in [2.75, 3.05) is 0 Å². The first-order chi connectivity index (χ1) is 5.27. The highest BCUT2D eigenvalue weighted by Gasteiger charge is 2.00. The highest BCUT2D eigenvalue weighted by molar-refractivity contribution is 5.32. The van der Waals surface area contributed by atoms with Gasteiger partial charge in [-0.25, -0.2) is 4.98 Å². The summed E-state index contributed by atoms with van der Waals surface area (Å²) in [5.74, 6) is 1.45. The second-order valence-corrected chi connectivity index (χ2v) is 1.98. The Labute approximate surface area is 63.7 Å². The van der Waals surface area contributed by atoms with Crippen molar-refractivity contribution in [3.05, 3.63) is 29.3 Å². The van der Waals surface area contributed by atoms with Crippen molar-refractivity contribution in [3.8, 4) is 12.3 Å². The van der Waals surface area contributed by atoms with Gasteiger partial charge in [-0.3, -0.25) is 0 Å². The van der Waals surface area contributed by atoms with Gasteiger partial charge in [-0.15, -0.1) is 6.42 Å². The minimum absolute atomic E-state index is 0.0801. The number of pyridine rings is 1. The van der Waals surface area contributed by atoms with Crippen molar-refractivity contribution >= 4 is 0 Å². The van der Waals surface area contributed by atoms with Gasteiger partial charge in [-0.2, -0.15) is 4.39 Å². The zero-order valence-electron chi connectivity index (χ0n) is 5.71. The molecular weight excluding hydrogens is 145 g/mol. The molecule has 3 heteroatoms. The molecule has 0 fully saturated rings. The SMILES string of the molecule is C#Cc1cc(CO)cnc1F. The summed E-state index contributed by atoms with van der Waals surface area (Å²) >= 11 is 0. The van der Waals surface area contributed by atoms with Crippen LogP contribution in [0, 0.1) is 18.3 Å². The van der Waals surface area contributed by atoms with E-state index in [9.17, 15) is 4.39 Å². The van der Waals surface area contributed by atoms with E-state index in [1.54, 1.807) is 0 Å². The Hall–Kier alpha value is -1.40. The molecule has 0 amide bonds. The maximum atomic E-state index is 12.6. The van der Waals surface area contributed by atoms with E-state index in [1.165, 1.54) is 12.3 Å². The average Bonchev–Trinajstić information content (AvgIpc) is 2.05. The highest BCUT2D eigenvalue weighted by Crippen LogP contribution is 2.05. The lowest BCUT2D eigenvalue weighted by Gasteiger charge is -1.96. The van der Waals surface area contributed by atoms with E-state index in [0.717, 1.165) is 0 Å². The molecule has 0 aliphatic rings. The van der Waals surface area contributed by atoms with Crippen LogP contribution in [0.1, 0.15) is 11.1 Å². The lowest BCUT2D eigenvalue weighted by Crippen LogP contribution is -1.92. The summed E-state index contributed by atoms with van der Waals surface area (Å²) in [5.41, 5.74) is 0.593. The summed E-state index contributed by atoms with van der Waals surface area (Å²) in [5, 5.41) is 8.62. The molecule has 0 aromatic carbocycles. The molecule has 1 aromatic heterocycles. The molecule has 1 aromatic rings. The number of terminal acetylenes is 1. The van der Waals surface area contributed by atoms with Crippen LogP contribution in [-0.2, 0) is 6.61 Å².